The van der Waals surface area contributed by atoms with Crippen molar-refractivity contribution in [2.75, 3.05) is 24.7 Å². The molecule has 2 aliphatic heterocycles. The number of nitrogens with one attached hydrogen (secondary N) is 1. The molecule has 0 bridgehead atoms. The Morgan fingerprint density at radius 2 is 2.33 bits per heavy atom. The van der Waals surface area contributed by atoms with Gasteiger partial charge in [-0.15, -0.1) is 0 Å². The van der Waals surface area contributed by atoms with Gasteiger partial charge >= 0.3 is 0 Å². The van der Waals surface area contributed by atoms with Gasteiger partial charge in [-0.2, -0.15) is 11.8 Å². The number of rotatable bonds is 2. The molecule has 0 aromatic heterocycles. The predicted molar refractivity (Wildman–Crippen MR) is 49.5 cm³/mol. The molecular weight excluding hydrogens is 174 g/mol. The fraction of sp³-hybridized carbons (Fsp3) is 1.00. The van der Waals surface area contributed by atoms with Crippen LogP contribution < -0.4 is 5.32 Å². The summed E-state index contributed by atoms with van der Waals surface area (Å²) in [7, 11) is 0. The highest BCUT2D eigenvalue weighted by molar-refractivity contribution is 7.99. The van der Waals surface area contributed by atoms with Crippen molar-refractivity contribution in [1.82, 2.24) is 5.32 Å². The molecule has 0 aromatic carbocycles. The average molecular weight is 189 g/mol. The molecule has 0 saturated carbocycles. The number of hydrogen-bond donors (Lipinski definition) is 2. The van der Waals surface area contributed by atoms with E-state index in [0.29, 0.717) is 19.3 Å². The molecule has 3 atom stereocenters. The number of ether oxygens (including phenoxy) is 1. The molecule has 2 aliphatic rings. The maximum Gasteiger partial charge on any atom is 0.0948 e. The molecule has 2 saturated heterocycles. The van der Waals surface area contributed by atoms with Crippen molar-refractivity contribution in [2.24, 2.45) is 0 Å². The van der Waals surface area contributed by atoms with Crippen LogP contribution in [-0.4, -0.2) is 48.0 Å². The summed E-state index contributed by atoms with van der Waals surface area (Å²) >= 11 is 1.98. The van der Waals surface area contributed by atoms with Crippen molar-refractivity contribution in [2.45, 2.75) is 24.6 Å². The van der Waals surface area contributed by atoms with Crippen molar-refractivity contribution in [3.8, 4) is 0 Å². The summed E-state index contributed by atoms with van der Waals surface area (Å²) in [6.45, 7) is 1.17. The lowest BCUT2D eigenvalue weighted by molar-refractivity contribution is 0.121. The van der Waals surface area contributed by atoms with Gasteiger partial charge in [0.1, 0.15) is 0 Å². The summed E-state index contributed by atoms with van der Waals surface area (Å²) in [5.74, 6) is 2.44. The highest BCUT2D eigenvalue weighted by Crippen LogP contribution is 2.18. The van der Waals surface area contributed by atoms with Crippen LogP contribution in [0.3, 0.4) is 0 Å². The van der Waals surface area contributed by atoms with Crippen molar-refractivity contribution in [1.29, 1.82) is 0 Å². The zero-order valence-corrected chi connectivity index (χ0v) is 7.85. The maximum absolute atomic E-state index is 9.45. The summed E-state index contributed by atoms with van der Waals surface area (Å²) in [5, 5.41) is 12.9. The highest BCUT2D eigenvalue weighted by atomic mass is 32.2. The Kier molecular flexibility index (Phi) is 2.91. The lowest BCUT2D eigenvalue weighted by atomic mass is 10.1. The molecule has 2 fully saturated rings. The summed E-state index contributed by atoms with van der Waals surface area (Å²) in [5.41, 5.74) is 0. The van der Waals surface area contributed by atoms with Gasteiger partial charge in [0.15, 0.2) is 0 Å². The van der Waals surface area contributed by atoms with E-state index in [-0.39, 0.29) is 12.1 Å². The Balaban J connectivity index is 1.77. The van der Waals surface area contributed by atoms with Crippen LogP contribution in [0.25, 0.3) is 0 Å². The van der Waals surface area contributed by atoms with Crippen molar-refractivity contribution in [3.05, 3.63) is 0 Å². The van der Waals surface area contributed by atoms with Gasteiger partial charge in [-0.05, 0) is 12.2 Å². The molecular formula is C8H15NO2S. The van der Waals surface area contributed by atoms with E-state index in [4.69, 9.17) is 4.74 Å². The van der Waals surface area contributed by atoms with Crippen LogP contribution in [0.1, 0.15) is 6.42 Å². The van der Waals surface area contributed by atoms with Gasteiger partial charge in [0, 0.05) is 11.8 Å². The molecule has 3 nitrogen and oxygen atoms in total. The van der Waals surface area contributed by atoms with Crippen LogP contribution >= 0.6 is 11.8 Å². The molecule has 12 heavy (non-hydrogen) atoms. The Labute approximate surface area is 76.9 Å². The Morgan fingerprint density at radius 3 is 2.92 bits per heavy atom. The van der Waals surface area contributed by atoms with Gasteiger partial charge in [-0.1, -0.05) is 0 Å². The third kappa shape index (κ3) is 1.93. The Morgan fingerprint density at radius 1 is 1.42 bits per heavy atom. The lowest BCUT2D eigenvalue weighted by Crippen LogP contribution is -2.44. The third-order valence-corrected chi connectivity index (χ3v) is 3.59. The monoisotopic (exact) mass is 189 g/mol. The fourth-order valence-electron chi connectivity index (χ4n) is 1.67. The van der Waals surface area contributed by atoms with E-state index < -0.39 is 0 Å². The number of hydrogen-bond acceptors (Lipinski definition) is 4. The molecule has 0 spiro atoms. The molecule has 0 amide bonds. The number of aliphatic hydroxyl groups excluding tert-OH is 1. The number of aliphatic hydroxyl groups is 1. The molecule has 2 N–H and O–H groups in total. The first-order valence-electron chi connectivity index (χ1n) is 4.46. The van der Waals surface area contributed by atoms with Crippen molar-refractivity contribution < 1.29 is 9.84 Å². The minimum absolute atomic E-state index is 0.175. The quantitative estimate of drug-likeness (QED) is 0.633. The van der Waals surface area contributed by atoms with Crippen LogP contribution in [0, 0.1) is 0 Å². The van der Waals surface area contributed by atoms with E-state index in [0.717, 1.165) is 0 Å². The first kappa shape index (κ1) is 8.81. The SMILES string of the molecule is O[C@@H]1COC[C@H]1NC1CCSC1. The zero-order chi connectivity index (χ0) is 8.39. The number of thioether (sulfide) groups is 1. The van der Waals surface area contributed by atoms with Gasteiger partial charge in [-0.25, -0.2) is 0 Å². The molecule has 2 rings (SSSR count). The van der Waals surface area contributed by atoms with Crippen LogP contribution in [0.2, 0.25) is 0 Å². The molecule has 70 valence electrons. The standard InChI is InChI=1S/C8H15NO2S/c10-8-4-11-3-7(8)9-6-1-2-12-5-6/h6-10H,1-5H2/t6?,7-,8-/m1/s1. The fourth-order valence-corrected chi connectivity index (χ4v) is 2.84. The Bertz CT molecular complexity index is 150. The zero-order valence-electron chi connectivity index (χ0n) is 7.03. The van der Waals surface area contributed by atoms with E-state index in [9.17, 15) is 5.11 Å². The molecule has 2 heterocycles. The topological polar surface area (TPSA) is 41.5 Å². The van der Waals surface area contributed by atoms with Gasteiger partial charge in [0.25, 0.3) is 0 Å². The molecule has 0 aromatic rings. The maximum atomic E-state index is 9.45. The second-order valence-electron chi connectivity index (χ2n) is 3.44. The summed E-state index contributed by atoms with van der Waals surface area (Å²) in [6.07, 6.45) is 0.934. The molecule has 1 unspecified atom stereocenters. The largest absolute Gasteiger partial charge is 0.389 e. The molecule has 4 heteroatoms. The van der Waals surface area contributed by atoms with Gasteiger partial charge in [0.2, 0.25) is 0 Å². The summed E-state index contributed by atoms with van der Waals surface area (Å²) in [4.78, 5) is 0. The smallest absolute Gasteiger partial charge is 0.0948 e. The van der Waals surface area contributed by atoms with E-state index >= 15 is 0 Å². The van der Waals surface area contributed by atoms with E-state index in [2.05, 4.69) is 5.32 Å². The van der Waals surface area contributed by atoms with Crippen LogP contribution in [0.4, 0.5) is 0 Å². The predicted octanol–water partition coefficient (Wildman–Crippen LogP) is -0.159. The minimum Gasteiger partial charge on any atom is -0.389 e. The van der Waals surface area contributed by atoms with Gasteiger partial charge < -0.3 is 15.2 Å². The van der Waals surface area contributed by atoms with E-state index in [1.165, 1.54) is 17.9 Å². The van der Waals surface area contributed by atoms with Crippen LogP contribution in [0.5, 0.6) is 0 Å². The second-order valence-corrected chi connectivity index (χ2v) is 4.59. The van der Waals surface area contributed by atoms with Crippen LogP contribution in [-0.2, 0) is 4.74 Å². The lowest BCUT2D eigenvalue weighted by Gasteiger charge is -2.19. The second kappa shape index (κ2) is 3.96. The van der Waals surface area contributed by atoms with E-state index in [1.54, 1.807) is 0 Å². The van der Waals surface area contributed by atoms with Crippen molar-refractivity contribution >= 4 is 11.8 Å². The first-order chi connectivity index (χ1) is 5.86. The highest BCUT2D eigenvalue weighted by Gasteiger charge is 2.29. The molecule has 0 aliphatic carbocycles. The third-order valence-electron chi connectivity index (χ3n) is 2.43. The van der Waals surface area contributed by atoms with Gasteiger partial charge in [0.05, 0.1) is 25.4 Å². The minimum atomic E-state index is -0.296. The van der Waals surface area contributed by atoms with E-state index in [1.807, 2.05) is 11.8 Å². The Hall–Kier alpha value is 0.230. The van der Waals surface area contributed by atoms with Crippen molar-refractivity contribution in [3.63, 3.8) is 0 Å². The summed E-state index contributed by atoms with van der Waals surface area (Å²) < 4.78 is 5.16. The average Bonchev–Trinajstić information content (AvgIpc) is 2.65. The van der Waals surface area contributed by atoms with Gasteiger partial charge in [-0.3, -0.25) is 0 Å². The van der Waals surface area contributed by atoms with Crippen LogP contribution in [0.15, 0.2) is 0 Å². The normalized spacial score (nSPS) is 42.2. The summed E-state index contributed by atoms with van der Waals surface area (Å²) in [6, 6.07) is 0.769. The molecule has 0 radical (unpaired) electrons. The first-order valence-corrected chi connectivity index (χ1v) is 5.61.